The fourth-order valence-corrected chi connectivity index (χ4v) is 7.01. The molecular formula is C27H54N4O12. The van der Waals surface area contributed by atoms with Gasteiger partial charge in [-0.3, -0.25) is 5.32 Å². The SMILES string of the molecule is CCC(C)C(C1OC(CO)C(O)C(O)C1N)C1C(CO)OC(C(CC)(NC)OC2C(CO)OC(O)C(N)C2O)C(N)C1O. The molecule has 15 N–H and O–H groups in total. The van der Waals surface area contributed by atoms with Gasteiger partial charge >= 0.3 is 0 Å². The Labute approximate surface area is 252 Å². The number of hydrogen-bond acceptors (Lipinski definition) is 16. The summed E-state index contributed by atoms with van der Waals surface area (Å²) in [6.07, 6.45) is -13.0. The van der Waals surface area contributed by atoms with E-state index >= 15 is 0 Å². The van der Waals surface area contributed by atoms with E-state index in [-0.39, 0.29) is 12.3 Å². The van der Waals surface area contributed by atoms with Gasteiger partial charge in [-0.15, -0.1) is 0 Å². The lowest BCUT2D eigenvalue weighted by Gasteiger charge is -2.56. The molecule has 0 aliphatic carbocycles. The highest BCUT2D eigenvalue weighted by Gasteiger charge is 2.59. The molecular weight excluding hydrogens is 572 g/mol. The molecule has 3 saturated heterocycles. The molecule has 254 valence electrons. The molecule has 0 radical (unpaired) electrons. The van der Waals surface area contributed by atoms with Crippen molar-refractivity contribution in [3.05, 3.63) is 0 Å². The van der Waals surface area contributed by atoms with Crippen molar-refractivity contribution in [1.29, 1.82) is 0 Å². The summed E-state index contributed by atoms with van der Waals surface area (Å²) >= 11 is 0. The molecule has 0 aromatic heterocycles. The molecule has 0 bridgehead atoms. The maximum absolute atomic E-state index is 11.8. The van der Waals surface area contributed by atoms with E-state index < -0.39 is 123 Å². The van der Waals surface area contributed by atoms with Gasteiger partial charge in [-0.25, -0.2) is 0 Å². The van der Waals surface area contributed by atoms with Crippen molar-refractivity contribution in [2.75, 3.05) is 26.9 Å². The first kappa shape index (κ1) is 36.8. The van der Waals surface area contributed by atoms with Crippen LogP contribution in [0.3, 0.4) is 0 Å². The van der Waals surface area contributed by atoms with E-state index in [1.165, 1.54) is 0 Å². The van der Waals surface area contributed by atoms with Crippen molar-refractivity contribution in [3.8, 4) is 0 Å². The van der Waals surface area contributed by atoms with Crippen molar-refractivity contribution in [2.24, 2.45) is 35.0 Å². The molecule has 3 rings (SSSR count). The Morgan fingerprint density at radius 3 is 1.88 bits per heavy atom. The highest BCUT2D eigenvalue weighted by atomic mass is 16.7. The van der Waals surface area contributed by atoms with Crippen LogP contribution in [0, 0.1) is 17.8 Å². The Kier molecular flexibility index (Phi) is 13.1. The van der Waals surface area contributed by atoms with Crippen molar-refractivity contribution in [3.63, 3.8) is 0 Å². The quantitative estimate of drug-likeness (QED) is 0.0900. The fraction of sp³-hybridized carbons (Fsp3) is 1.00. The Morgan fingerprint density at radius 2 is 1.37 bits per heavy atom. The minimum atomic E-state index is -1.54. The molecule has 16 heteroatoms. The zero-order valence-corrected chi connectivity index (χ0v) is 25.3. The lowest BCUT2D eigenvalue weighted by Crippen LogP contribution is -2.74. The van der Waals surface area contributed by atoms with Gasteiger partial charge in [0.25, 0.3) is 0 Å². The smallest absolute Gasteiger partial charge is 0.173 e. The second kappa shape index (κ2) is 15.3. The van der Waals surface area contributed by atoms with Gasteiger partial charge < -0.3 is 77.0 Å². The summed E-state index contributed by atoms with van der Waals surface area (Å²) < 4.78 is 24.2. The molecule has 3 aliphatic rings. The summed E-state index contributed by atoms with van der Waals surface area (Å²) in [5.41, 5.74) is 17.4. The molecule has 0 spiro atoms. The molecule has 43 heavy (non-hydrogen) atoms. The van der Waals surface area contributed by atoms with Crippen LogP contribution in [0.2, 0.25) is 0 Å². The van der Waals surface area contributed by atoms with E-state index in [1.807, 2.05) is 13.8 Å². The monoisotopic (exact) mass is 626 g/mol. The van der Waals surface area contributed by atoms with E-state index in [9.17, 15) is 40.9 Å². The highest BCUT2D eigenvalue weighted by molar-refractivity contribution is 5.08. The predicted octanol–water partition coefficient (Wildman–Crippen LogP) is -5.37. The number of nitrogens with two attached hydrogens (primary N) is 3. The minimum absolute atomic E-state index is 0.171. The molecule has 0 saturated carbocycles. The first-order valence-corrected chi connectivity index (χ1v) is 15.1. The maximum atomic E-state index is 11.8. The highest BCUT2D eigenvalue weighted by Crippen LogP contribution is 2.44. The Hall–Kier alpha value is -0.640. The van der Waals surface area contributed by atoms with Crippen LogP contribution in [-0.4, -0.2) is 159 Å². The molecule has 3 aliphatic heterocycles. The first-order chi connectivity index (χ1) is 20.3. The van der Waals surface area contributed by atoms with Gasteiger partial charge in [-0.2, -0.15) is 0 Å². The van der Waals surface area contributed by atoms with Gasteiger partial charge in [-0.05, 0) is 25.3 Å². The van der Waals surface area contributed by atoms with Crippen LogP contribution < -0.4 is 22.5 Å². The number of aliphatic hydroxyl groups excluding tert-OH is 8. The summed E-state index contributed by atoms with van der Waals surface area (Å²) in [4.78, 5) is 0. The summed E-state index contributed by atoms with van der Waals surface area (Å²) in [5.74, 6) is -1.72. The second-order valence-electron chi connectivity index (χ2n) is 12.2. The van der Waals surface area contributed by atoms with Crippen LogP contribution in [0.15, 0.2) is 0 Å². The molecule has 0 aromatic rings. The van der Waals surface area contributed by atoms with Crippen molar-refractivity contribution < 1.29 is 59.8 Å². The zero-order valence-electron chi connectivity index (χ0n) is 25.3. The van der Waals surface area contributed by atoms with Crippen LogP contribution in [0.25, 0.3) is 0 Å². The zero-order chi connectivity index (χ0) is 32.4. The van der Waals surface area contributed by atoms with Crippen LogP contribution in [0.1, 0.15) is 33.6 Å². The van der Waals surface area contributed by atoms with Crippen molar-refractivity contribution >= 4 is 0 Å². The van der Waals surface area contributed by atoms with Crippen LogP contribution in [-0.2, 0) is 18.9 Å². The molecule has 16 nitrogen and oxygen atoms in total. The van der Waals surface area contributed by atoms with E-state index in [2.05, 4.69) is 5.32 Å². The normalized spacial score (nSPS) is 47.1. The van der Waals surface area contributed by atoms with Gasteiger partial charge in [0.05, 0.1) is 56.3 Å². The summed E-state index contributed by atoms with van der Waals surface area (Å²) in [6, 6.07) is -3.48. The van der Waals surface area contributed by atoms with E-state index in [1.54, 1.807) is 14.0 Å². The van der Waals surface area contributed by atoms with Crippen LogP contribution in [0.4, 0.5) is 0 Å². The number of nitrogens with one attached hydrogen (secondary N) is 1. The molecule has 18 atom stereocenters. The standard InChI is InChI=1S/C27H54N4O12/c1-5-10(3)14(24-16(28)21(37)19(35)12(8-33)40-24)15-11(7-32)41-25(17(29)20(15)36)27(6-2,31-4)43-23-13(9-34)42-26(39)18(30)22(23)38/h10-26,31-39H,5-9,28-30H2,1-4H3. The van der Waals surface area contributed by atoms with Gasteiger partial charge in [-0.1, -0.05) is 27.2 Å². The van der Waals surface area contributed by atoms with Gasteiger partial charge in [0.2, 0.25) is 0 Å². The van der Waals surface area contributed by atoms with E-state index in [0.29, 0.717) is 6.42 Å². The fourth-order valence-electron chi connectivity index (χ4n) is 7.01. The van der Waals surface area contributed by atoms with Gasteiger partial charge in [0.15, 0.2) is 6.29 Å². The minimum Gasteiger partial charge on any atom is -0.394 e. The number of hydrogen-bond donors (Lipinski definition) is 12. The third kappa shape index (κ3) is 6.90. The summed E-state index contributed by atoms with van der Waals surface area (Å²) in [7, 11) is 1.56. The lowest BCUT2D eigenvalue weighted by molar-refractivity contribution is -0.315. The number of rotatable bonds is 12. The lowest BCUT2D eigenvalue weighted by atomic mass is 9.66. The summed E-state index contributed by atoms with van der Waals surface area (Å²) in [6.45, 7) is 3.83. The van der Waals surface area contributed by atoms with Crippen LogP contribution >= 0.6 is 0 Å². The maximum Gasteiger partial charge on any atom is 0.173 e. The molecule has 3 heterocycles. The number of likely N-dealkylation sites (N-methyl/N-ethyl adjacent to an activating group) is 1. The Bertz CT molecular complexity index is 855. The average molecular weight is 627 g/mol. The molecule has 0 aromatic carbocycles. The van der Waals surface area contributed by atoms with Crippen LogP contribution in [0.5, 0.6) is 0 Å². The molecule has 3 fully saturated rings. The number of aliphatic hydroxyl groups is 8. The van der Waals surface area contributed by atoms with Gasteiger partial charge in [0, 0.05) is 5.92 Å². The Morgan fingerprint density at radius 1 is 0.767 bits per heavy atom. The Balaban J connectivity index is 1.99. The van der Waals surface area contributed by atoms with E-state index in [4.69, 9.17) is 36.1 Å². The van der Waals surface area contributed by atoms with Crippen molar-refractivity contribution in [2.45, 2.75) is 125 Å². The average Bonchev–Trinajstić information content (AvgIpc) is 3.01. The van der Waals surface area contributed by atoms with E-state index in [0.717, 1.165) is 0 Å². The molecule has 18 unspecified atom stereocenters. The second-order valence-corrected chi connectivity index (χ2v) is 12.2. The predicted molar refractivity (Wildman–Crippen MR) is 151 cm³/mol. The first-order valence-electron chi connectivity index (χ1n) is 15.1. The molecule has 0 amide bonds. The summed E-state index contributed by atoms with van der Waals surface area (Å²) in [5, 5.41) is 87.2. The van der Waals surface area contributed by atoms with Gasteiger partial charge in [0.1, 0.15) is 48.5 Å². The van der Waals surface area contributed by atoms with Crippen molar-refractivity contribution in [1.82, 2.24) is 5.32 Å². The third-order valence-corrected chi connectivity index (χ3v) is 9.89. The number of ether oxygens (including phenoxy) is 4. The third-order valence-electron chi connectivity index (χ3n) is 9.89. The topological polar surface area (TPSA) is 289 Å². The largest absolute Gasteiger partial charge is 0.394 e.